The molecule has 0 aliphatic carbocycles. The average Bonchev–Trinajstić information content (AvgIpc) is 3.10. The van der Waals surface area contributed by atoms with Crippen LogP contribution in [0.1, 0.15) is 57.1 Å². The highest BCUT2D eigenvalue weighted by molar-refractivity contribution is 7.89. The highest BCUT2D eigenvalue weighted by Crippen LogP contribution is 2.36. The van der Waals surface area contributed by atoms with Crippen molar-refractivity contribution < 1.29 is 27.6 Å². The molecule has 13 heteroatoms. The van der Waals surface area contributed by atoms with Gasteiger partial charge in [0.2, 0.25) is 15.9 Å². The first-order chi connectivity index (χ1) is 16.2. The van der Waals surface area contributed by atoms with Gasteiger partial charge in [0, 0.05) is 37.4 Å². The lowest BCUT2D eigenvalue weighted by atomic mass is 10.1. The molecule has 0 bridgehead atoms. The molecule has 2 N–H and O–H groups in total. The molecule has 0 spiro atoms. The molecule has 1 aromatic heterocycles. The maximum Gasteiger partial charge on any atom is 0.272 e. The van der Waals surface area contributed by atoms with Crippen molar-refractivity contribution in [2.45, 2.75) is 64.4 Å². The molecule has 194 valence electrons. The third-order valence-corrected chi connectivity index (χ3v) is 6.62. The summed E-state index contributed by atoms with van der Waals surface area (Å²) in [5.74, 6) is -0.389. The van der Waals surface area contributed by atoms with Crippen LogP contribution in [0.25, 0.3) is 0 Å². The number of nitro groups is 1. The highest BCUT2D eigenvalue weighted by atomic mass is 32.2. The van der Waals surface area contributed by atoms with Crippen molar-refractivity contribution >= 4 is 21.6 Å². The van der Waals surface area contributed by atoms with Gasteiger partial charge >= 0.3 is 0 Å². The number of hydrogen-bond donors (Lipinski definition) is 2. The topological polar surface area (TPSA) is 155 Å². The molecular formula is C22H33N5O7S. The van der Waals surface area contributed by atoms with Crippen molar-refractivity contribution in [2.24, 2.45) is 0 Å². The lowest BCUT2D eigenvalue weighted by molar-refractivity contribution is -0.385. The number of methoxy groups -OCH3 is 1. The Labute approximate surface area is 205 Å². The number of benzene rings is 1. The predicted octanol–water partition coefficient (Wildman–Crippen LogP) is 3.10. The standard InChI is InChI=1S/C22H33N5O7S/c1-8-14(2)24-20(28)19-15(3)21(26(25-19)22(4,5)6)34-17-10-9-16(27(29)30)13-18(17)35(31,32)23-11-12-33-7/h9-10,13-14,23H,8,11-12H2,1-7H3,(H,24,28)/t14-/m0/s1. The summed E-state index contributed by atoms with van der Waals surface area (Å²) in [4.78, 5) is 23.0. The second kappa shape index (κ2) is 11.1. The summed E-state index contributed by atoms with van der Waals surface area (Å²) < 4.78 is 40.7. The number of carbonyl (C=O) groups is 1. The third-order valence-electron chi connectivity index (χ3n) is 5.14. The molecule has 12 nitrogen and oxygen atoms in total. The van der Waals surface area contributed by atoms with E-state index in [4.69, 9.17) is 9.47 Å². The summed E-state index contributed by atoms with van der Waals surface area (Å²) in [6.07, 6.45) is 0.730. The lowest BCUT2D eigenvalue weighted by Gasteiger charge is -2.23. The fourth-order valence-corrected chi connectivity index (χ4v) is 4.19. The zero-order chi connectivity index (χ0) is 26.6. The molecule has 1 heterocycles. The minimum absolute atomic E-state index is 0.0418. The van der Waals surface area contributed by atoms with Crippen molar-refractivity contribution in [1.29, 1.82) is 0 Å². The number of amides is 1. The molecule has 0 aliphatic rings. The van der Waals surface area contributed by atoms with Gasteiger partial charge in [-0.25, -0.2) is 17.8 Å². The van der Waals surface area contributed by atoms with E-state index in [1.807, 2.05) is 34.6 Å². The van der Waals surface area contributed by atoms with Crippen LogP contribution in [0.15, 0.2) is 23.1 Å². The van der Waals surface area contributed by atoms with Crippen molar-refractivity contribution in [3.63, 3.8) is 0 Å². The maximum atomic E-state index is 13.0. The van der Waals surface area contributed by atoms with Crippen LogP contribution in [0.4, 0.5) is 5.69 Å². The molecule has 0 saturated heterocycles. The normalized spacial score (nSPS) is 12.9. The van der Waals surface area contributed by atoms with Crippen molar-refractivity contribution in [1.82, 2.24) is 19.8 Å². The van der Waals surface area contributed by atoms with Gasteiger partial charge in [-0.15, -0.1) is 0 Å². The molecule has 1 aromatic carbocycles. The second-order valence-electron chi connectivity index (χ2n) is 9.02. The van der Waals surface area contributed by atoms with Gasteiger partial charge in [0.1, 0.15) is 10.6 Å². The van der Waals surface area contributed by atoms with Gasteiger partial charge in [-0.05, 0) is 47.1 Å². The van der Waals surface area contributed by atoms with E-state index in [0.717, 1.165) is 18.6 Å². The number of sulfonamides is 1. The van der Waals surface area contributed by atoms with Gasteiger partial charge in [0.05, 0.1) is 17.1 Å². The number of nitro benzene ring substituents is 1. The molecule has 2 rings (SSSR count). The number of rotatable bonds is 11. The summed E-state index contributed by atoms with van der Waals surface area (Å²) in [5.41, 5.74) is -0.514. The minimum atomic E-state index is -4.20. The number of nitrogens with one attached hydrogen (secondary N) is 2. The Morgan fingerprint density at radius 3 is 2.51 bits per heavy atom. The summed E-state index contributed by atoms with van der Waals surface area (Å²) in [6, 6.07) is 3.21. The van der Waals surface area contributed by atoms with E-state index in [0.29, 0.717) is 5.56 Å². The predicted molar refractivity (Wildman–Crippen MR) is 129 cm³/mol. The zero-order valence-corrected chi connectivity index (χ0v) is 21.9. The largest absolute Gasteiger partial charge is 0.438 e. The van der Waals surface area contributed by atoms with Gasteiger partial charge in [0.25, 0.3) is 11.6 Å². The number of non-ortho nitro benzene ring substituents is 1. The van der Waals surface area contributed by atoms with Gasteiger partial charge in [-0.2, -0.15) is 5.10 Å². The van der Waals surface area contributed by atoms with E-state index in [9.17, 15) is 23.3 Å². The van der Waals surface area contributed by atoms with E-state index in [1.54, 1.807) is 6.92 Å². The SMILES string of the molecule is CC[C@H](C)NC(=O)c1nn(C(C)(C)C)c(Oc2ccc([N+](=O)[O-])cc2S(=O)(=O)NCCOC)c1C. The van der Waals surface area contributed by atoms with E-state index in [1.165, 1.54) is 17.9 Å². The molecule has 1 atom stereocenters. The van der Waals surface area contributed by atoms with Crippen LogP contribution in [0.2, 0.25) is 0 Å². The molecule has 0 fully saturated rings. The second-order valence-corrected chi connectivity index (χ2v) is 10.8. The number of hydrogen-bond acceptors (Lipinski definition) is 8. The van der Waals surface area contributed by atoms with Gasteiger partial charge in [-0.3, -0.25) is 14.9 Å². The quantitative estimate of drug-likeness (QED) is 0.265. The average molecular weight is 512 g/mol. The highest BCUT2D eigenvalue weighted by Gasteiger charge is 2.30. The van der Waals surface area contributed by atoms with Crippen LogP contribution in [0.5, 0.6) is 11.6 Å². The molecule has 2 aromatic rings. The fourth-order valence-electron chi connectivity index (χ4n) is 3.03. The first-order valence-electron chi connectivity index (χ1n) is 11.1. The molecule has 35 heavy (non-hydrogen) atoms. The monoisotopic (exact) mass is 511 g/mol. The van der Waals surface area contributed by atoms with Crippen molar-refractivity contribution in [3.8, 4) is 11.6 Å². The van der Waals surface area contributed by atoms with Crippen LogP contribution < -0.4 is 14.8 Å². The summed E-state index contributed by atoms with van der Waals surface area (Å²) in [5, 5.41) is 18.6. The Morgan fingerprint density at radius 2 is 1.97 bits per heavy atom. The van der Waals surface area contributed by atoms with Gasteiger partial charge in [0.15, 0.2) is 5.69 Å². The first-order valence-corrected chi connectivity index (χ1v) is 12.6. The van der Waals surface area contributed by atoms with Crippen LogP contribution in [0.3, 0.4) is 0 Å². The smallest absolute Gasteiger partial charge is 0.272 e. The molecular weight excluding hydrogens is 478 g/mol. The van der Waals surface area contributed by atoms with Crippen LogP contribution in [-0.2, 0) is 20.3 Å². The Kier molecular flexibility index (Phi) is 8.98. The van der Waals surface area contributed by atoms with Crippen LogP contribution in [0, 0.1) is 17.0 Å². The minimum Gasteiger partial charge on any atom is -0.438 e. The van der Waals surface area contributed by atoms with Gasteiger partial charge in [-0.1, -0.05) is 6.92 Å². The van der Waals surface area contributed by atoms with E-state index < -0.39 is 31.1 Å². The summed E-state index contributed by atoms with van der Waals surface area (Å²) in [7, 11) is -2.78. The Balaban J connectivity index is 2.63. The Hall–Kier alpha value is -3.03. The maximum absolute atomic E-state index is 13.0. The number of aromatic nitrogens is 2. The van der Waals surface area contributed by atoms with E-state index >= 15 is 0 Å². The Morgan fingerprint density at radius 1 is 1.31 bits per heavy atom. The first kappa shape index (κ1) is 28.2. The number of ether oxygens (including phenoxy) is 2. The lowest BCUT2D eigenvalue weighted by Crippen LogP contribution is -2.33. The number of nitrogens with zero attached hydrogens (tertiary/aromatic N) is 3. The molecule has 0 aliphatic heterocycles. The zero-order valence-electron chi connectivity index (χ0n) is 21.0. The molecule has 1 amide bonds. The fraction of sp³-hybridized carbons (Fsp3) is 0.545. The van der Waals surface area contributed by atoms with Crippen molar-refractivity contribution in [3.05, 3.63) is 39.6 Å². The molecule has 0 unspecified atom stereocenters. The summed E-state index contributed by atoms with van der Waals surface area (Å²) in [6.45, 7) is 11.1. The molecule has 0 radical (unpaired) electrons. The Bertz CT molecular complexity index is 1190. The van der Waals surface area contributed by atoms with E-state index in [2.05, 4.69) is 15.1 Å². The number of carbonyl (C=O) groups excluding carboxylic acids is 1. The van der Waals surface area contributed by atoms with Crippen LogP contribution >= 0.6 is 0 Å². The van der Waals surface area contributed by atoms with Crippen molar-refractivity contribution in [2.75, 3.05) is 20.3 Å². The van der Waals surface area contributed by atoms with Gasteiger partial charge < -0.3 is 14.8 Å². The third kappa shape index (κ3) is 6.77. The van der Waals surface area contributed by atoms with Crippen LogP contribution in [-0.4, -0.2) is 55.3 Å². The van der Waals surface area contributed by atoms with E-state index in [-0.39, 0.29) is 42.4 Å². The molecule has 0 saturated carbocycles. The summed E-state index contributed by atoms with van der Waals surface area (Å²) >= 11 is 0.